The number of para-hydroxylation sites is 2. The fourth-order valence-corrected chi connectivity index (χ4v) is 5.56. The van der Waals surface area contributed by atoms with Gasteiger partial charge in [-0.2, -0.15) is 0 Å². The summed E-state index contributed by atoms with van der Waals surface area (Å²) in [6.45, 7) is 5.81. The zero-order valence-corrected chi connectivity index (χ0v) is 27.3. The number of ether oxygens (including phenoxy) is 2. The summed E-state index contributed by atoms with van der Waals surface area (Å²) in [6, 6.07) is 38.3. The summed E-state index contributed by atoms with van der Waals surface area (Å²) in [6.07, 6.45) is 6.69. The molecule has 232 valence electrons. The van der Waals surface area contributed by atoms with Gasteiger partial charge in [0, 0.05) is 30.9 Å². The number of anilines is 1. The van der Waals surface area contributed by atoms with E-state index in [0.29, 0.717) is 13.2 Å². The van der Waals surface area contributed by atoms with Crippen molar-refractivity contribution >= 4 is 5.69 Å². The summed E-state index contributed by atoms with van der Waals surface area (Å²) in [4.78, 5) is 7.45. The van der Waals surface area contributed by atoms with Gasteiger partial charge in [0.05, 0.1) is 24.6 Å². The average molecular weight is 599 g/mol. The Morgan fingerprint density at radius 1 is 0.511 bits per heavy atom. The monoisotopic (exact) mass is 598 g/mol. The van der Waals surface area contributed by atoms with E-state index in [1.807, 2.05) is 12.1 Å². The average Bonchev–Trinajstić information content (AvgIpc) is 3.09. The molecule has 0 aliphatic carbocycles. The van der Waals surface area contributed by atoms with E-state index >= 15 is 0 Å². The molecule has 0 fully saturated rings. The SMILES string of the molecule is CCCCCOc1ccccc1-c1cc(-c2cc(N(C)C)ccc2-c2ccccc2)cc(-c2ccccc2OCCCCC)n1. The smallest absolute Gasteiger partial charge is 0.128 e. The highest BCUT2D eigenvalue weighted by atomic mass is 16.5. The molecule has 5 rings (SSSR count). The fourth-order valence-electron chi connectivity index (χ4n) is 5.56. The van der Waals surface area contributed by atoms with Crippen LogP contribution < -0.4 is 14.4 Å². The zero-order valence-electron chi connectivity index (χ0n) is 27.3. The lowest BCUT2D eigenvalue weighted by molar-refractivity contribution is 0.307. The van der Waals surface area contributed by atoms with Gasteiger partial charge in [0.15, 0.2) is 0 Å². The van der Waals surface area contributed by atoms with Crippen molar-refractivity contribution in [2.75, 3.05) is 32.2 Å². The molecule has 0 N–H and O–H groups in total. The predicted octanol–water partition coefficient (Wildman–Crippen LogP) is 11.0. The van der Waals surface area contributed by atoms with Crippen LogP contribution in [-0.4, -0.2) is 32.3 Å². The van der Waals surface area contributed by atoms with Crippen LogP contribution in [0.3, 0.4) is 0 Å². The van der Waals surface area contributed by atoms with Crippen LogP contribution in [0.25, 0.3) is 44.8 Å². The molecule has 0 radical (unpaired) electrons. The Balaban J connectivity index is 1.70. The van der Waals surface area contributed by atoms with E-state index < -0.39 is 0 Å². The third kappa shape index (κ3) is 8.13. The topological polar surface area (TPSA) is 34.6 Å². The normalized spacial score (nSPS) is 10.9. The molecule has 4 heteroatoms. The first-order chi connectivity index (χ1) is 22.1. The van der Waals surface area contributed by atoms with Gasteiger partial charge in [0.25, 0.3) is 0 Å². The fraction of sp³-hybridized carbons (Fsp3) is 0.293. The second-order valence-electron chi connectivity index (χ2n) is 11.7. The highest BCUT2D eigenvalue weighted by Gasteiger charge is 2.17. The standard InChI is InChI=1S/C41H46N2O2/c1-5-7-16-26-44-40-22-14-12-20-35(40)38-28-32(29-39(42-38)36-21-13-15-23-41(36)45-27-17-8-6-2)37-30-33(43(3)4)24-25-34(37)31-18-10-9-11-19-31/h9-15,18-25,28-30H,5-8,16-17,26-27H2,1-4H3. The Labute approximate surface area is 269 Å². The second-order valence-corrected chi connectivity index (χ2v) is 11.7. The summed E-state index contributed by atoms with van der Waals surface area (Å²) in [5.41, 5.74) is 9.48. The highest BCUT2D eigenvalue weighted by Crippen LogP contribution is 2.41. The molecule has 0 bridgehead atoms. The van der Waals surface area contributed by atoms with Crippen LogP contribution >= 0.6 is 0 Å². The molecular weight excluding hydrogens is 552 g/mol. The van der Waals surface area contributed by atoms with Crippen LogP contribution in [0.15, 0.2) is 109 Å². The molecule has 1 aromatic heterocycles. The van der Waals surface area contributed by atoms with Gasteiger partial charge in [-0.05, 0) is 83.6 Å². The molecule has 0 atom stereocenters. The Morgan fingerprint density at radius 2 is 1.04 bits per heavy atom. The van der Waals surface area contributed by atoms with Gasteiger partial charge >= 0.3 is 0 Å². The van der Waals surface area contributed by atoms with Crippen LogP contribution in [-0.2, 0) is 0 Å². The number of hydrogen-bond donors (Lipinski definition) is 0. The number of pyridine rings is 1. The summed E-state index contributed by atoms with van der Waals surface area (Å²) < 4.78 is 12.7. The number of unbranched alkanes of at least 4 members (excludes halogenated alkanes) is 4. The molecule has 0 saturated carbocycles. The summed E-state index contributed by atoms with van der Waals surface area (Å²) in [7, 11) is 4.17. The first kappa shape index (κ1) is 31.8. The molecule has 0 unspecified atom stereocenters. The van der Waals surface area contributed by atoms with E-state index in [1.54, 1.807) is 0 Å². The van der Waals surface area contributed by atoms with E-state index in [4.69, 9.17) is 14.5 Å². The van der Waals surface area contributed by atoms with Crippen LogP contribution in [0.1, 0.15) is 52.4 Å². The lowest BCUT2D eigenvalue weighted by atomic mass is 9.92. The van der Waals surface area contributed by atoms with E-state index in [0.717, 1.165) is 89.4 Å². The first-order valence-electron chi connectivity index (χ1n) is 16.4. The Morgan fingerprint density at radius 3 is 1.58 bits per heavy atom. The molecule has 0 aliphatic heterocycles. The van der Waals surface area contributed by atoms with Crippen molar-refractivity contribution in [2.45, 2.75) is 52.4 Å². The summed E-state index contributed by atoms with van der Waals surface area (Å²) in [5, 5.41) is 0. The summed E-state index contributed by atoms with van der Waals surface area (Å²) in [5.74, 6) is 1.72. The van der Waals surface area contributed by atoms with Crippen molar-refractivity contribution in [3.63, 3.8) is 0 Å². The van der Waals surface area contributed by atoms with Crippen molar-refractivity contribution < 1.29 is 9.47 Å². The molecule has 45 heavy (non-hydrogen) atoms. The molecule has 0 aliphatic rings. The van der Waals surface area contributed by atoms with Crippen molar-refractivity contribution in [2.24, 2.45) is 0 Å². The number of nitrogens with zero attached hydrogens (tertiary/aromatic N) is 2. The Kier molecular flexibility index (Phi) is 11.3. The molecule has 0 saturated heterocycles. The molecule has 5 aromatic rings. The minimum absolute atomic E-state index is 0.689. The van der Waals surface area contributed by atoms with Gasteiger partial charge in [-0.3, -0.25) is 0 Å². The number of aromatic nitrogens is 1. The third-order valence-corrected chi connectivity index (χ3v) is 8.08. The van der Waals surface area contributed by atoms with Crippen molar-refractivity contribution in [1.82, 2.24) is 4.98 Å². The van der Waals surface area contributed by atoms with Gasteiger partial charge in [0.1, 0.15) is 11.5 Å². The lowest BCUT2D eigenvalue weighted by Crippen LogP contribution is -2.08. The predicted molar refractivity (Wildman–Crippen MR) is 190 cm³/mol. The number of rotatable bonds is 15. The zero-order chi connectivity index (χ0) is 31.4. The van der Waals surface area contributed by atoms with E-state index in [2.05, 4.69) is 130 Å². The first-order valence-corrected chi connectivity index (χ1v) is 16.4. The maximum Gasteiger partial charge on any atom is 0.128 e. The maximum absolute atomic E-state index is 6.36. The van der Waals surface area contributed by atoms with Crippen molar-refractivity contribution in [1.29, 1.82) is 0 Å². The van der Waals surface area contributed by atoms with Crippen LogP contribution in [0, 0.1) is 0 Å². The van der Waals surface area contributed by atoms with Gasteiger partial charge in [0.2, 0.25) is 0 Å². The van der Waals surface area contributed by atoms with Crippen molar-refractivity contribution in [3.8, 4) is 56.3 Å². The summed E-state index contributed by atoms with van der Waals surface area (Å²) >= 11 is 0. The van der Waals surface area contributed by atoms with Gasteiger partial charge in [-0.15, -0.1) is 0 Å². The maximum atomic E-state index is 6.36. The van der Waals surface area contributed by atoms with Gasteiger partial charge in [-0.1, -0.05) is 100 Å². The minimum Gasteiger partial charge on any atom is -0.493 e. The molecular formula is C41H46N2O2. The second kappa shape index (κ2) is 15.9. The number of benzene rings is 4. The van der Waals surface area contributed by atoms with Crippen LogP contribution in [0.5, 0.6) is 11.5 Å². The highest BCUT2D eigenvalue weighted by molar-refractivity contribution is 5.89. The molecule has 4 nitrogen and oxygen atoms in total. The van der Waals surface area contributed by atoms with Gasteiger partial charge < -0.3 is 14.4 Å². The molecule has 1 heterocycles. The van der Waals surface area contributed by atoms with E-state index in [9.17, 15) is 0 Å². The number of hydrogen-bond acceptors (Lipinski definition) is 4. The van der Waals surface area contributed by atoms with E-state index in [-0.39, 0.29) is 0 Å². The quantitative estimate of drug-likeness (QED) is 0.112. The van der Waals surface area contributed by atoms with E-state index in [1.165, 1.54) is 11.1 Å². The van der Waals surface area contributed by atoms with Crippen molar-refractivity contribution in [3.05, 3.63) is 109 Å². The largest absolute Gasteiger partial charge is 0.493 e. The molecule has 4 aromatic carbocycles. The third-order valence-electron chi connectivity index (χ3n) is 8.08. The lowest BCUT2D eigenvalue weighted by Gasteiger charge is -2.19. The van der Waals surface area contributed by atoms with Gasteiger partial charge in [-0.25, -0.2) is 4.98 Å². The minimum atomic E-state index is 0.689. The molecule has 0 spiro atoms. The Hall–Kier alpha value is -4.57. The molecule has 0 amide bonds. The Bertz CT molecular complexity index is 1590. The van der Waals surface area contributed by atoms with Crippen LogP contribution in [0.4, 0.5) is 5.69 Å². The van der Waals surface area contributed by atoms with Crippen LogP contribution in [0.2, 0.25) is 0 Å².